The number of carbonyl (C=O) groups is 1. The summed E-state index contributed by atoms with van der Waals surface area (Å²) >= 11 is 1.25. The van der Waals surface area contributed by atoms with Gasteiger partial charge in [-0.3, -0.25) is 4.79 Å². The number of anilines is 1. The molecule has 0 saturated carbocycles. The third-order valence-electron chi connectivity index (χ3n) is 4.76. The fourth-order valence-corrected chi connectivity index (χ4v) is 3.78. The van der Waals surface area contributed by atoms with Gasteiger partial charge in [0, 0.05) is 12.1 Å². The number of rotatable bonds is 10. The van der Waals surface area contributed by atoms with Crippen LogP contribution < -0.4 is 10.1 Å². The Morgan fingerprint density at radius 2 is 2.00 bits per heavy atom. The molecule has 0 radical (unpaired) electrons. The molecule has 0 aliphatic carbocycles. The molecular formula is C23H27N3O3S. The zero-order valence-corrected chi connectivity index (χ0v) is 18.4. The first kappa shape index (κ1) is 21.9. The Morgan fingerprint density at radius 1 is 1.17 bits per heavy atom. The van der Waals surface area contributed by atoms with Crippen molar-refractivity contribution in [1.82, 2.24) is 10.2 Å². The largest absolute Gasteiger partial charge is 0.496 e. The van der Waals surface area contributed by atoms with E-state index in [1.807, 2.05) is 37.3 Å². The van der Waals surface area contributed by atoms with Gasteiger partial charge < -0.3 is 14.5 Å². The van der Waals surface area contributed by atoms with E-state index in [1.54, 1.807) is 7.11 Å². The minimum Gasteiger partial charge on any atom is -0.496 e. The molecule has 7 heteroatoms. The number of benzene rings is 2. The summed E-state index contributed by atoms with van der Waals surface area (Å²) in [5.74, 6) is 1.64. The lowest BCUT2D eigenvalue weighted by Gasteiger charge is -2.08. The second-order valence-electron chi connectivity index (χ2n) is 6.97. The highest BCUT2D eigenvalue weighted by molar-refractivity contribution is 7.99. The highest BCUT2D eigenvalue weighted by Crippen LogP contribution is 2.21. The van der Waals surface area contributed by atoms with Crippen LogP contribution >= 0.6 is 11.8 Å². The quantitative estimate of drug-likeness (QED) is 0.468. The number of para-hydroxylation sites is 1. The SMILES string of the molecule is CCc1ccccc1NC(=O)CSc1nnc(CCCc2ccc(OC)c(C)c2)o1. The third-order valence-corrected chi connectivity index (χ3v) is 5.58. The molecule has 2 aromatic carbocycles. The van der Waals surface area contributed by atoms with Crippen molar-refractivity contribution < 1.29 is 13.9 Å². The van der Waals surface area contributed by atoms with E-state index in [-0.39, 0.29) is 11.7 Å². The van der Waals surface area contributed by atoms with E-state index in [2.05, 4.69) is 34.6 Å². The van der Waals surface area contributed by atoms with E-state index in [4.69, 9.17) is 9.15 Å². The van der Waals surface area contributed by atoms with Crippen molar-refractivity contribution >= 4 is 23.4 Å². The highest BCUT2D eigenvalue weighted by Gasteiger charge is 2.11. The molecule has 0 atom stereocenters. The maximum atomic E-state index is 12.2. The van der Waals surface area contributed by atoms with Gasteiger partial charge in [0.05, 0.1) is 12.9 Å². The van der Waals surface area contributed by atoms with Crippen LogP contribution in [0.2, 0.25) is 0 Å². The maximum Gasteiger partial charge on any atom is 0.277 e. The lowest BCUT2D eigenvalue weighted by atomic mass is 10.1. The van der Waals surface area contributed by atoms with Gasteiger partial charge in [0.25, 0.3) is 5.22 Å². The van der Waals surface area contributed by atoms with Crippen molar-refractivity contribution in [3.05, 3.63) is 65.0 Å². The molecule has 0 spiro atoms. The van der Waals surface area contributed by atoms with Gasteiger partial charge >= 0.3 is 0 Å². The third kappa shape index (κ3) is 6.10. The summed E-state index contributed by atoms with van der Waals surface area (Å²) in [5.41, 5.74) is 4.35. The molecule has 0 aliphatic rings. The van der Waals surface area contributed by atoms with Gasteiger partial charge in [-0.2, -0.15) is 0 Å². The molecule has 0 bridgehead atoms. The smallest absolute Gasteiger partial charge is 0.277 e. The van der Waals surface area contributed by atoms with Gasteiger partial charge in [0.1, 0.15) is 5.75 Å². The molecular weight excluding hydrogens is 398 g/mol. The van der Waals surface area contributed by atoms with Crippen molar-refractivity contribution in [2.45, 2.75) is 44.8 Å². The van der Waals surface area contributed by atoms with Crippen LogP contribution in [0.15, 0.2) is 52.1 Å². The fourth-order valence-electron chi connectivity index (χ4n) is 3.20. The maximum absolute atomic E-state index is 12.2. The number of aromatic nitrogens is 2. The van der Waals surface area contributed by atoms with E-state index in [0.717, 1.165) is 41.8 Å². The lowest BCUT2D eigenvalue weighted by Crippen LogP contribution is -2.15. The molecule has 158 valence electrons. The number of carbonyl (C=O) groups excluding carboxylic acids is 1. The molecule has 6 nitrogen and oxygen atoms in total. The monoisotopic (exact) mass is 425 g/mol. The first-order valence-electron chi connectivity index (χ1n) is 10.1. The number of hydrogen-bond donors (Lipinski definition) is 1. The average molecular weight is 426 g/mol. The Kier molecular flexibility index (Phi) is 7.90. The molecule has 0 fully saturated rings. The fraction of sp³-hybridized carbons (Fsp3) is 0.348. The van der Waals surface area contributed by atoms with E-state index in [1.165, 1.54) is 17.3 Å². The topological polar surface area (TPSA) is 77.2 Å². The summed E-state index contributed by atoms with van der Waals surface area (Å²) in [4.78, 5) is 12.2. The summed E-state index contributed by atoms with van der Waals surface area (Å²) in [6.07, 6.45) is 3.41. The van der Waals surface area contributed by atoms with Crippen LogP contribution in [-0.4, -0.2) is 29.0 Å². The zero-order chi connectivity index (χ0) is 21.3. The number of thioether (sulfide) groups is 1. The Labute approximate surface area is 181 Å². The Bertz CT molecular complexity index is 987. The number of methoxy groups -OCH3 is 1. The van der Waals surface area contributed by atoms with E-state index < -0.39 is 0 Å². The Hall–Kier alpha value is -2.80. The standard InChI is InChI=1S/C23H27N3O3S/c1-4-18-9-5-6-10-19(18)24-21(27)15-30-23-26-25-22(29-23)11-7-8-17-12-13-20(28-3)16(2)14-17/h5-6,9-10,12-14H,4,7-8,11,15H2,1-3H3,(H,24,27). The molecule has 3 rings (SSSR count). The van der Waals surface area contributed by atoms with Gasteiger partial charge in [-0.05, 0) is 55.0 Å². The summed E-state index contributed by atoms with van der Waals surface area (Å²) in [6, 6.07) is 14.0. The summed E-state index contributed by atoms with van der Waals surface area (Å²) < 4.78 is 11.0. The molecule has 3 aromatic rings. The summed E-state index contributed by atoms with van der Waals surface area (Å²) in [6.45, 7) is 4.11. The van der Waals surface area contributed by atoms with Crippen LogP contribution in [0.1, 0.15) is 35.9 Å². The highest BCUT2D eigenvalue weighted by atomic mass is 32.2. The van der Waals surface area contributed by atoms with Crippen molar-refractivity contribution in [2.24, 2.45) is 0 Å². The summed E-state index contributed by atoms with van der Waals surface area (Å²) in [7, 11) is 1.68. The van der Waals surface area contributed by atoms with E-state index >= 15 is 0 Å². The second-order valence-corrected chi connectivity index (χ2v) is 7.89. The van der Waals surface area contributed by atoms with Gasteiger partial charge in [-0.15, -0.1) is 10.2 Å². The van der Waals surface area contributed by atoms with Gasteiger partial charge in [-0.25, -0.2) is 0 Å². The molecule has 1 N–H and O–H groups in total. The number of aryl methyl sites for hydroxylation is 4. The molecule has 1 heterocycles. The van der Waals surface area contributed by atoms with Crippen LogP contribution in [-0.2, 0) is 24.1 Å². The number of ether oxygens (including phenoxy) is 1. The number of nitrogens with zero attached hydrogens (tertiary/aromatic N) is 2. The van der Waals surface area contributed by atoms with E-state index in [9.17, 15) is 4.79 Å². The first-order chi connectivity index (χ1) is 14.6. The average Bonchev–Trinajstić information content (AvgIpc) is 3.20. The Morgan fingerprint density at radius 3 is 2.77 bits per heavy atom. The van der Waals surface area contributed by atoms with Crippen molar-refractivity contribution in [2.75, 3.05) is 18.2 Å². The first-order valence-corrected chi connectivity index (χ1v) is 11.0. The normalized spacial score (nSPS) is 10.8. The molecule has 1 aromatic heterocycles. The van der Waals surface area contributed by atoms with Crippen LogP contribution in [0, 0.1) is 6.92 Å². The molecule has 0 aliphatic heterocycles. The van der Waals surface area contributed by atoms with Crippen molar-refractivity contribution in [3.63, 3.8) is 0 Å². The molecule has 0 unspecified atom stereocenters. The van der Waals surface area contributed by atoms with E-state index in [0.29, 0.717) is 17.5 Å². The zero-order valence-electron chi connectivity index (χ0n) is 17.6. The minimum atomic E-state index is -0.0875. The van der Waals surface area contributed by atoms with Crippen LogP contribution in [0.4, 0.5) is 5.69 Å². The number of hydrogen-bond acceptors (Lipinski definition) is 6. The Balaban J connectivity index is 1.43. The lowest BCUT2D eigenvalue weighted by molar-refractivity contribution is -0.113. The van der Waals surface area contributed by atoms with Crippen molar-refractivity contribution in [3.8, 4) is 5.75 Å². The van der Waals surface area contributed by atoms with Crippen LogP contribution in [0.5, 0.6) is 5.75 Å². The summed E-state index contributed by atoms with van der Waals surface area (Å²) in [5, 5.41) is 11.5. The van der Waals surface area contributed by atoms with Gasteiger partial charge in [0.15, 0.2) is 0 Å². The number of nitrogens with one attached hydrogen (secondary N) is 1. The van der Waals surface area contributed by atoms with Gasteiger partial charge in [0.2, 0.25) is 11.8 Å². The second kappa shape index (κ2) is 10.8. The van der Waals surface area contributed by atoms with Crippen LogP contribution in [0.25, 0.3) is 0 Å². The van der Waals surface area contributed by atoms with Crippen LogP contribution in [0.3, 0.4) is 0 Å². The van der Waals surface area contributed by atoms with Gasteiger partial charge in [-0.1, -0.05) is 49.0 Å². The van der Waals surface area contributed by atoms with Crippen molar-refractivity contribution in [1.29, 1.82) is 0 Å². The molecule has 30 heavy (non-hydrogen) atoms. The molecule has 1 amide bonds. The minimum absolute atomic E-state index is 0.0875. The predicted octanol–water partition coefficient (Wildman–Crippen LogP) is 4.86. The number of amides is 1. The predicted molar refractivity (Wildman–Crippen MR) is 119 cm³/mol. The molecule has 0 saturated heterocycles.